The summed E-state index contributed by atoms with van der Waals surface area (Å²) < 4.78 is 6.44. The van der Waals surface area contributed by atoms with Gasteiger partial charge in [-0.25, -0.2) is 0 Å². The highest BCUT2D eigenvalue weighted by Gasteiger charge is 2.63. The minimum Gasteiger partial charge on any atom is -0.462 e. The van der Waals surface area contributed by atoms with Crippen molar-refractivity contribution in [2.45, 2.75) is 32.8 Å². The van der Waals surface area contributed by atoms with Gasteiger partial charge in [0.2, 0.25) is 5.91 Å². The lowest BCUT2D eigenvalue weighted by atomic mass is 9.79. The van der Waals surface area contributed by atoms with Crippen molar-refractivity contribution in [3.8, 4) is 0 Å². The third-order valence-corrected chi connectivity index (χ3v) is 6.40. The Balaban J connectivity index is 1.59. The fourth-order valence-electron chi connectivity index (χ4n) is 4.49. The predicted molar refractivity (Wildman–Crippen MR) is 85.3 cm³/mol. The smallest absolute Gasteiger partial charge is 0.310 e. The summed E-state index contributed by atoms with van der Waals surface area (Å²) in [5, 5.41) is 3.04. The van der Waals surface area contributed by atoms with E-state index in [2.05, 4.69) is 21.2 Å². The van der Waals surface area contributed by atoms with E-state index in [-0.39, 0.29) is 35.7 Å². The van der Waals surface area contributed by atoms with Gasteiger partial charge in [0.05, 0.1) is 11.8 Å². The van der Waals surface area contributed by atoms with E-state index in [4.69, 9.17) is 4.74 Å². The summed E-state index contributed by atoms with van der Waals surface area (Å²) in [6.07, 6.45) is 1.88. The zero-order chi connectivity index (χ0) is 15.6. The normalized spacial score (nSPS) is 34.9. The van der Waals surface area contributed by atoms with Gasteiger partial charge in [-0.1, -0.05) is 15.9 Å². The Morgan fingerprint density at radius 2 is 2.05 bits per heavy atom. The molecule has 1 aliphatic heterocycles. The van der Waals surface area contributed by atoms with Gasteiger partial charge in [0.25, 0.3) is 0 Å². The first-order chi connectivity index (χ1) is 10.5. The van der Waals surface area contributed by atoms with Crippen molar-refractivity contribution in [1.29, 1.82) is 0 Å². The van der Waals surface area contributed by atoms with Gasteiger partial charge in [0.15, 0.2) is 0 Å². The van der Waals surface area contributed by atoms with E-state index < -0.39 is 0 Å². The van der Waals surface area contributed by atoms with E-state index in [0.717, 1.165) is 34.1 Å². The van der Waals surface area contributed by atoms with Crippen LogP contribution in [0.25, 0.3) is 0 Å². The molecule has 4 rings (SSSR count). The van der Waals surface area contributed by atoms with Gasteiger partial charge in [-0.15, -0.1) is 0 Å². The molecule has 4 nitrogen and oxygen atoms in total. The zero-order valence-electron chi connectivity index (χ0n) is 12.6. The van der Waals surface area contributed by atoms with Gasteiger partial charge in [0, 0.05) is 16.1 Å². The van der Waals surface area contributed by atoms with Crippen molar-refractivity contribution >= 4 is 33.5 Å². The second-order valence-electron chi connectivity index (χ2n) is 6.83. The summed E-state index contributed by atoms with van der Waals surface area (Å²) in [7, 11) is 0. The van der Waals surface area contributed by atoms with Gasteiger partial charge in [0.1, 0.15) is 6.10 Å². The van der Waals surface area contributed by atoms with Crippen molar-refractivity contribution < 1.29 is 14.3 Å². The van der Waals surface area contributed by atoms with Gasteiger partial charge < -0.3 is 10.1 Å². The maximum atomic E-state index is 12.8. The van der Waals surface area contributed by atoms with E-state index in [0.29, 0.717) is 5.92 Å². The van der Waals surface area contributed by atoms with Crippen molar-refractivity contribution in [3.63, 3.8) is 0 Å². The number of nitrogens with one attached hydrogen (secondary N) is 1. The number of aryl methyl sites for hydroxylation is 2. The molecule has 116 valence electrons. The number of esters is 1. The maximum absolute atomic E-state index is 12.8. The van der Waals surface area contributed by atoms with Gasteiger partial charge in [-0.05, 0) is 55.9 Å². The minimum absolute atomic E-state index is 0.0281. The van der Waals surface area contributed by atoms with E-state index >= 15 is 0 Å². The van der Waals surface area contributed by atoms with Crippen molar-refractivity contribution in [2.24, 2.45) is 23.7 Å². The summed E-state index contributed by atoms with van der Waals surface area (Å²) in [6, 6.07) is 3.98. The average Bonchev–Trinajstić information content (AvgIpc) is 3.05. The highest BCUT2D eigenvalue weighted by atomic mass is 79.9. The molecule has 22 heavy (non-hydrogen) atoms. The Hall–Kier alpha value is -1.36. The lowest BCUT2D eigenvalue weighted by molar-refractivity contribution is -0.145. The molecular formula is C17H18BrNO3. The average molecular weight is 364 g/mol. The first-order valence-corrected chi connectivity index (χ1v) is 8.53. The largest absolute Gasteiger partial charge is 0.462 e. The number of hydrogen-bond donors (Lipinski definition) is 1. The van der Waals surface area contributed by atoms with E-state index in [9.17, 15) is 9.59 Å². The molecule has 1 aromatic rings. The Morgan fingerprint density at radius 1 is 1.27 bits per heavy atom. The van der Waals surface area contributed by atoms with Crippen molar-refractivity contribution in [2.75, 3.05) is 5.32 Å². The van der Waals surface area contributed by atoms with Crippen molar-refractivity contribution in [1.82, 2.24) is 0 Å². The number of rotatable bonds is 2. The zero-order valence-corrected chi connectivity index (χ0v) is 14.1. The number of hydrogen-bond acceptors (Lipinski definition) is 3. The number of ether oxygens (including phenoxy) is 1. The van der Waals surface area contributed by atoms with Crippen LogP contribution in [-0.4, -0.2) is 18.0 Å². The topological polar surface area (TPSA) is 55.4 Å². The molecule has 1 amide bonds. The highest BCUT2D eigenvalue weighted by Crippen LogP contribution is 2.57. The van der Waals surface area contributed by atoms with Crippen molar-refractivity contribution in [3.05, 3.63) is 27.7 Å². The second kappa shape index (κ2) is 4.82. The number of amides is 1. The Kier molecular flexibility index (Phi) is 3.12. The number of benzene rings is 1. The molecule has 3 aliphatic rings. The van der Waals surface area contributed by atoms with Gasteiger partial charge in [-0.2, -0.15) is 0 Å². The Bertz CT molecular complexity index is 685. The maximum Gasteiger partial charge on any atom is 0.310 e. The van der Waals surface area contributed by atoms with Gasteiger partial charge in [-0.3, -0.25) is 9.59 Å². The van der Waals surface area contributed by atoms with E-state index in [1.54, 1.807) is 0 Å². The lowest BCUT2D eigenvalue weighted by Crippen LogP contribution is -2.36. The summed E-state index contributed by atoms with van der Waals surface area (Å²) >= 11 is 3.50. The highest BCUT2D eigenvalue weighted by molar-refractivity contribution is 9.10. The van der Waals surface area contributed by atoms with Gasteiger partial charge >= 0.3 is 5.97 Å². The summed E-state index contributed by atoms with van der Waals surface area (Å²) in [5.41, 5.74) is 2.92. The number of carbonyl (C=O) groups excluding carboxylic acids is 2. The monoisotopic (exact) mass is 363 g/mol. The van der Waals surface area contributed by atoms with Crippen LogP contribution in [-0.2, 0) is 14.3 Å². The molecule has 2 aliphatic carbocycles. The molecule has 1 N–H and O–H groups in total. The lowest BCUT2D eigenvalue weighted by Gasteiger charge is -2.24. The molecule has 5 atom stereocenters. The number of halogens is 1. The molecule has 0 spiro atoms. The van der Waals surface area contributed by atoms with E-state index in [1.165, 1.54) is 0 Å². The van der Waals surface area contributed by atoms with Crippen LogP contribution >= 0.6 is 15.9 Å². The summed E-state index contributed by atoms with van der Waals surface area (Å²) in [6.45, 7) is 3.97. The number of carbonyl (C=O) groups is 2. The standard InChI is InChI=1S/C17H18BrNO3/c1-7-4-12(8(2)3-11(7)18)19-16(20)14-9-5-10-13(6-9)22-17(21)15(10)14/h3-4,9-10,13-15H,5-6H2,1-2H3,(H,19,20)/t9-,10+,13-,14-,15+/m1/s1. The molecule has 1 heterocycles. The fourth-order valence-corrected chi connectivity index (χ4v) is 4.95. The van der Waals surface area contributed by atoms with Crippen LogP contribution in [0.1, 0.15) is 24.0 Å². The number of fused-ring (bicyclic) bond motifs is 1. The molecule has 0 unspecified atom stereocenters. The Labute approximate surface area is 137 Å². The molecule has 1 saturated heterocycles. The Morgan fingerprint density at radius 3 is 2.82 bits per heavy atom. The van der Waals surface area contributed by atoms with Crippen LogP contribution in [0, 0.1) is 37.5 Å². The third-order valence-electron chi connectivity index (χ3n) is 5.55. The molecule has 0 radical (unpaired) electrons. The van der Waals surface area contributed by atoms with Crippen LogP contribution in [0.4, 0.5) is 5.69 Å². The fraction of sp³-hybridized carbons (Fsp3) is 0.529. The summed E-state index contributed by atoms with van der Waals surface area (Å²) in [5.74, 6) is -0.0806. The molecule has 2 saturated carbocycles. The van der Waals surface area contributed by atoms with Crippen LogP contribution in [0.3, 0.4) is 0 Å². The SMILES string of the molecule is Cc1cc(NC(=O)[C@@H]2[C@@H]3C[C@@H]4[C@@H]2C(=O)O[C@@H]4C3)c(C)cc1Br. The first-order valence-electron chi connectivity index (χ1n) is 7.74. The van der Waals surface area contributed by atoms with Crippen LogP contribution in [0.5, 0.6) is 0 Å². The molecule has 2 bridgehead atoms. The summed E-state index contributed by atoms with van der Waals surface area (Å²) in [4.78, 5) is 24.8. The predicted octanol–water partition coefficient (Wildman–Crippen LogP) is 3.20. The quantitative estimate of drug-likeness (QED) is 0.820. The molecule has 0 aromatic heterocycles. The van der Waals surface area contributed by atoms with Crippen LogP contribution in [0.2, 0.25) is 0 Å². The minimum atomic E-state index is -0.223. The van der Waals surface area contributed by atoms with E-state index in [1.807, 2.05) is 26.0 Å². The molecular weight excluding hydrogens is 346 g/mol. The van der Waals surface area contributed by atoms with Crippen LogP contribution < -0.4 is 5.32 Å². The molecule has 1 aromatic carbocycles. The number of anilines is 1. The molecule has 3 fully saturated rings. The molecule has 5 heteroatoms. The van der Waals surface area contributed by atoms with Crippen LogP contribution in [0.15, 0.2) is 16.6 Å². The third kappa shape index (κ3) is 1.94. The second-order valence-corrected chi connectivity index (χ2v) is 7.68. The first kappa shape index (κ1) is 14.2.